The number of hydrogen-bond donors (Lipinski definition) is 2. The third kappa shape index (κ3) is 4.25. The van der Waals surface area contributed by atoms with Gasteiger partial charge in [0.25, 0.3) is 5.91 Å². The average molecular weight is 432 g/mol. The minimum absolute atomic E-state index is 0.0649. The molecule has 1 amide bonds. The van der Waals surface area contributed by atoms with Crippen LogP contribution in [0.25, 0.3) is 22.0 Å². The largest absolute Gasteiger partial charge is 0.457 e. The summed E-state index contributed by atoms with van der Waals surface area (Å²) < 4.78 is 5.86. The van der Waals surface area contributed by atoms with Gasteiger partial charge in [0.15, 0.2) is 0 Å². The predicted octanol–water partition coefficient (Wildman–Crippen LogP) is 6.24. The van der Waals surface area contributed by atoms with Crippen molar-refractivity contribution in [3.8, 4) is 22.6 Å². The number of pyridine rings is 1. The monoisotopic (exact) mass is 432 g/mol. The van der Waals surface area contributed by atoms with Crippen molar-refractivity contribution in [1.82, 2.24) is 4.98 Å². The molecule has 0 aliphatic heterocycles. The third-order valence-electron chi connectivity index (χ3n) is 5.35. The third-order valence-corrected chi connectivity index (χ3v) is 5.35. The van der Waals surface area contributed by atoms with Gasteiger partial charge in [0.1, 0.15) is 17.1 Å². The van der Waals surface area contributed by atoms with Crippen molar-refractivity contribution in [2.45, 2.75) is 0 Å². The van der Waals surface area contributed by atoms with Crippen LogP contribution in [0.5, 0.6) is 11.5 Å². The molecule has 5 nitrogen and oxygen atoms in total. The number of benzene rings is 4. The van der Waals surface area contributed by atoms with Crippen molar-refractivity contribution in [3.05, 3.63) is 125 Å². The van der Waals surface area contributed by atoms with Gasteiger partial charge in [0.2, 0.25) is 5.43 Å². The van der Waals surface area contributed by atoms with Crippen LogP contribution in [0.15, 0.2) is 114 Å². The maximum Gasteiger partial charge on any atom is 0.261 e. The summed E-state index contributed by atoms with van der Waals surface area (Å²) in [7, 11) is 0. The lowest BCUT2D eigenvalue weighted by Gasteiger charge is -2.12. The number of aromatic nitrogens is 1. The van der Waals surface area contributed by atoms with E-state index in [1.807, 2.05) is 84.9 Å². The highest BCUT2D eigenvalue weighted by Crippen LogP contribution is 2.30. The van der Waals surface area contributed by atoms with Gasteiger partial charge in [-0.05, 0) is 48.0 Å². The first-order valence-electron chi connectivity index (χ1n) is 10.5. The minimum atomic E-state index is -0.460. The average Bonchev–Trinajstić information content (AvgIpc) is 2.86. The molecule has 0 bridgehead atoms. The van der Waals surface area contributed by atoms with Gasteiger partial charge in [0, 0.05) is 28.4 Å². The molecule has 2 N–H and O–H groups in total. The van der Waals surface area contributed by atoms with Crippen molar-refractivity contribution in [1.29, 1.82) is 0 Å². The number of anilines is 1. The van der Waals surface area contributed by atoms with Gasteiger partial charge in [-0.1, -0.05) is 60.7 Å². The first-order valence-corrected chi connectivity index (χ1v) is 10.5. The Morgan fingerprint density at radius 3 is 2.21 bits per heavy atom. The molecule has 5 rings (SSSR count). The summed E-state index contributed by atoms with van der Waals surface area (Å²) >= 11 is 0. The number of H-pyrrole nitrogens is 1. The van der Waals surface area contributed by atoms with E-state index in [0.717, 1.165) is 16.9 Å². The van der Waals surface area contributed by atoms with E-state index in [9.17, 15) is 9.59 Å². The van der Waals surface area contributed by atoms with E-state index in [2.05, 4.69) is 10.3 Å². The minimum Gasteiger partial charge on any atom is -0.457 e. The molecule has 5 heteroatoms. The molecule has 33 heavy (non-hydrogen) atoms. The Kier molecular flexibility index (Phi) is 5.43. The van der Waals surface area contributed by atoms with E-state index < -0.39 is 5.91 Å². The van der Waals surface area contributed by atoms with Crippen molar-refractivity contribution in [2.24, 2.45) is 0 Å². The van der Waals surface area contributed by atoms with Crippen LogP contribution >= 0.6 is 0 Å². The van der Waals surface area contributed by atoms with E-state index in [1.165, 1.54) is 6.20 Å². The molecule has 1 heterocycles. The van der Waals surface area contributed by atoms with Gasteiger partial charge in [-0.2, -0.15) is 0 Å². The number of carbonyl (C=O) groups excluding carboxylic acids is 1. The Bertz CT molecular complexity index is 1490. The summed E-state index contributed by atoms with van der Waals surface area (Å²) in [6, 6.07) is 31.8. The summed E-state index contributed by atoms with van der Waals surface area (Å²) in [5.74, 6) is 1.02. The van der Waals surface area contributed by atoms with E-state index in [-0.39, 0.29) is 11.0 Å². The Balaban J connectivity index is 1.41. The maximum absolute atomic E-state index is 13.0. The van der Waals surface area contributed by atoms with Gasteiger partial charge in [-0.15, -0.1) is 0 Å². The summed E-state index contributed by atoms with van der Waals surface area (Å²) in [4.78, 5) is 28.8. The van der Waals surface area contributed by atoms with Crippen LogP contribution in [0.1, 0.15) is 10.4 Å². The Hall–Kier alpha value is -4.64. The van der Waals surface area contributed by atoms with Crippen molar-refractivity contribution in [3.63, 3.8) is 0 Å². The zero-order valence-electron chi connectivity index (χ0n) is 17.6. The lowest BCUT2D eigenvalue weighted by Crippen LogP contribution is -2.22. The number of amides is 1. The second kappa shape index (κ2) is 8.85. The second-order valence-electron chi connectivity index (χ2n) is 7.52. The van der Waals surface area contributed by atoms with Gasteiger partial charge in [-0.25, -0.2) is 0 Å². The Labute approximate surface area is 190 Å². The van der Waals surface area contributed by atoms with Crippen molar-refractivity contribution >= 4 is 22.5 Å². The molecular weight excluding hydrogens is 412 g/mol. The summed E-state index contributed by atoms with van der Waals surface area (Å²) in [6.07, 6.45) is 1.46. The van der Waals surface area contributed by atoms with E-state index in [4.69, 9.17) is 4.74 Å². The number of ether oxygens (including phenoxy) is 1. The molecule has 4 aromatic carbocycles. The molecule has 0 atom stereocenters. The van der Waals surface area contributed by atoms with Crippen molar-refractivity contribution < 1.29 is 9.53 Å². The van der Waals surface area contributed by atoms with Gasteiger partial charge < -0.3 is 15.0 Å². The number of fused-ring (bicyclic) bond motifs is 1. The lowest BCUT2D eigenvalue weighted by atomic mass is 10.0. The molecule has 0 aliphatic carbocycles. The standard InChI is InChI=1S/C28H20N2O3/c31-27-23-11-5-6-12-25(23)29-18-24(27)28(32)30-26-13-7-4-10-22(26)19-14-16-21(17-15-19)33-20-8-2-1-3-9-20/h1-18H,(H,29,31)(H,30,32). The van der Waals surface area contributed by atoms with Crippen LogP contribution in [-0.4, -0.2) is 10.9 Å². The molecule has 0 saturated heterocycles. The molecule has 160 valence electrons. The van der Waals surface area contributed by atoms with Gasteiger partial charge in [0.05, 0.1) is 0 Å². The molecule has 0 spiro atoms. The summed E-state index contributed by atoms with van der Waals surface area (Å²) in [5, 5.41) is 3.37. The van der Waals surface area contributed by atoms with Gasteiger partial charge in [-0.3, -0.25) is 9.59 Å². The molecule has 0 radical (unpaired) electrons. The molecular formula is C28H20N2O3. The Morgan fingerprint density at radius 2 is 1.39 bits per heavy atom. The molecule has 0 unspecified atom stereocenters. The van der Waals surface area contributed by atoms with Crippen LogP contribution in [0.4, 0.5) is 5.69 Å². The maximum atomic E-state index is 13.0. The van der Waals surface area contributed by atoms with E-state index in [0.29, 0.717) is 22.3 Å². The highest BCUT2D eigenvalue weighted by molar-refractivity contribution is 6.07. The smallest absolute Gasteiger partial charge is 0.261 e. The fraction of sp³-hybridized carbons (Fsp3) is 0. The number of aromatic amines is 1. The fourth-order valence-corrected chi connectivity index (χ4v) is 3.70. The number of nitrogens with one attached hydrogen (secondary N) is 2. The molecule has 1 aromatic heterocycles. The predicted molar refractivity (Wildman–Crippen MR) is 131 cm³/mol. The zero-order valence-corrected chi connectivity index (χ0v) is 17.6. The van der Waals surface area contributed by atoms with E-state index in [1.54, 1.807) is 18.2 Å². The Morgan fingerprint density at radius 1 is 0.727 bits per heavy atom. The lowest BCUT2D eigenvalue weighted by molar-refractivity contribution is 0.102. The SMILES string of the molecule is O=C(Nc1ccccc1-c1ccc(Oc2ccccc2)cc1)c1c[nH]c2ccccc2c1=O. The highest BCUT2D eigenvalue weighted by atomic mass is 16.5. The topological polar surface area (TPSA) is 71.2 Å². The molecule has 0 aliphatic rings. The van der Waals surface area contributed by atoms with Crippen LogP contribution in [0, 0.1) is 0 Å². The molecule has 0 saturated carbocycles. The van der Waals surface area contributed by atoms with Crippen molar-refractivity contribution in [2.75, 3.05) is 5.32 Å². The zero-order chi connectivity index (χ0) is 22.6. The molecule has 5 aromatic rings. The van der Waals surface area contributed by atoms with E-state index >= 15 is 0 Å². The van der Waals surface area contributed by atoms with Gasteiger partial charge >= 0.3 is 0 Å². The van der Waals surface area contributed by atoms with Crippen LogP contribution < -0.4 is 15.5 Å². The molecule has 0 fully saturated rings. The second-order valence-corrected chi connectivity index (χ2v) is 7.52. The first-order chi connectivity index (χ1) is 16.2. The van der Waals surface area contributed by atoms with Crippen LogP contribution in [0.2, 0.25) is 0 Å². The normalized spacial score (nSPS) is 10.7. The van der Waals surface area contributed by atoms with Crippen LogP contribution in [0.3, 0.4) is 0 Å². The number of para-hydroxylation sites is 3. The highest BCUT2D eigenvalue weighted by Gasteiger charge is 2.15. The quantitative estimate of drug-likeness (QED) is 0.345. The number of carbonyl (C=O) groups is 1. The van der Waals surface area contributed by atoms with Crippen LogP contribution in [-0.2, 0) is 0 Å². The summed E-state index contributed by atoms with van der Waals surface area (Å²) in [5.41, 5.74) is 2.83. The number of hydrogen-bond acceptors (Lipinski definition) is 3. The fourth-order valence-electron chi connectivity index (χ4n) is 3.70. The summed E-state index contributed by atoms with van der Waals surface area (Å²) in [6.45, 7) is 0. The number of rotatable bonds is 5. The first kappa shape index (κ1) is 20.3.